The van der Waals surface area contributed by atoms with Crippen molar-refractivity contribution in [1.29, 1.82) is 0 Å². The van der Waals surface area contributed by atoms with Crippen LogP contribution in [-0.4, -0.2) is 28.4 Å². The summed E-state index contributed by atoms with van der Waals surface area (Å²) in [6.45, 7) is 0.740. The van der Waals surface area contributed by atoms with E-state index >= 15 is 0 Å². The second-order valence-corrected chi connectivity index (χ2v) is 3.96. The van der Waals surface area contributed by atoms with Gasteiger partial charge in [0.1, 0.15) is 17.9 Å². The number of anilines is 2. The van der Waals surface area contributed by atoms with Gasteiger partial charge in [-0.3, -0.25) is 0 Å². The predicted octanol–water partition coefficient (Wildman–Crippen LogP) is 1.06. The lowest BCUT2D eigenvalue weighted by Crippen LogP contribution is -2.10. The minimum atomic E-state index is 0.623. The number of nitrogens with zero attached hydrogens (tertiary/aromatic N) is 3. The van der Waals surface area contributed by atoms with Crippen molar-refractivity contribution < 1.29 is 4.74 Å². The number of methoxy groups -OCH3 is 1. The predicted molar refractivity (Wildman–Crippen MR) is 70.6 cm³/mol. The summed E-state index contributed by atoms with van der Waals surface area (Å²) in [5.74, 6) is 1.61. The van der Waals surface area contributed by atoms with Crippen LogP contribution >= 0.6 is 0 Å². The maximum absolute atomic E-state index is 5.96. The number of hydrogen-bond acceptors (Lipinski definition) is 5. The molecule has 1 heterocycles. The number of nitrogens with two attached hydrogens (primary N) is 1. The lowest BCUT2D eigenvalue weighted by molar-refractivity contribution is 0.417. The topological polar surface area (TPSA) is 78.0 Å². The molecule has 0 aliphatic rings. The van der Waals surface area contributed by atoms with E-state index in [1.54, 1.807) is 13.4 Å². The Balaban J connectivity index is 1.96. The van der Waals surface area contributed by atoms with E-state index in [9.17, 15) is 0 Å². The van der Waals surface area contributed by atoms with Crippen LogP contribution in [0.5, 0.6) is 5.75 Å². The molecule has 0 saturated heterocycles. The molecule has 0 spiro atoms. The van der Waals surface area contributed by atoms with Crippen molar-refractivity contribution in [3.8, 4) is 5.75 Å². The summed E-state index contributed by atoms with van der Waals surface area (Å²) < 4.78 is 7.06. The van der Waals surface area contributed by atoms with Crippen molar-refractivity contribution in [3.63, 3.8) is 0 Å². The second-order valence-electron chi connectivity index (χ2n) is 3.96. The number of rotatable bonds is 5. The third-order valence-corrected chi connectivity index (χ3v) is 2.76. The van der Waals surface area contributed by atoms with Gasteiger partial charge < -0.3 is 20.4 Å². The number of hydrogen-bond donors (Lipinski definition) is 2. The molecular weight excluding hydrogens is 230 g/mol. The number of para-hydroxylation sites is 1. The van der Waals surface area contributed by atoms with Gasteiger partial charge in [-0.15, -0.1) is 10.2 Å². The lowest BCUT2D eigenvalue weighted by atomic mass is 10.2. The maximum Gasteiger partial charge on any atom is 0.143 e. The molecule has 3 N–H and O–H groups in total. The first-order valence-electron chi connectivity index (χ1n) is 5.71. The first-order valence-corrected chi connectivity index (χ1v) is 5.71. The van der Waals surface area contributed by atoms with Gasteiger partial charge in [0, 0.05) is 20.0 Å². The molecule has 6 heteroatoms. The molecule has 18 heavy (non-hydrogen) atoms. The molecule has 0 unspecified atom stereocenters. The molecule has 1 aromatic heterocycles. The third-order valence-electron chi connectivity index (χ3n) is 2.76. The van der Waals surface area contributed by atoms with Crippen LogP contribution in [0.1, 0.15) is 5.82 Å². The Morgan fingerprint density at radius 1 is 1.44 bits per heavy atom. The number of nitrogens with one attached hydrogen (secondary N) is 1. The monoisotopic (exact) mass is 247 g/mol. The molecule has 6 nitrogen and oxygen atoms in total. The van der Waals surface area contributed by atoms with E-state index in [-0.39, 0.29) is 0 Å². The highest BCUT2D eigenvalue weighted by molar-refractivity contribution is 5.72. The van der Waals surface area contributed by atoms with Gasteiger partial charge in [0.05, 0.1) is 18.5 Å². The fourth-order valence-electron chi connectivity index (χ4n) is 1.72. The van der Waals surface area contributed by atoms with E-state index in [1.165, 1.54) is 0 Å². The van der Waals surface area contributed by atoms with Crippen LogP contribution in [0.2, 0.25) is 0 Å². The van der Waals surface area contributed by atoms with Gasteiger partial charge in [-0.2, -0.15) is 0 Å². The van der Waals surface area contributed by atoms with Crippen LogP contribution < -0.4 is 15.8 Å². The van der Waals surface area contributed by atoms with Gasteiger partial charge in [-0.25, -0.2) is 0 Å². The summed E-state index contributed by atoms with van der Waals surface area (Å²) in [5, 5.41) is 11.1. The van der Waals surface area contributed by atoms with Crippen LogP contribution in [0.4, 0.5) is 11.4 Å². The summed E-state index contributed by atoms with van der Waals surface area (Å²) in [7, 11) is 3.53. The normalized spacial score (nSPS) is 10.3. The van der Waals surface area contributed by atoms with E-state index in [4.69, 9.17) is 10.5 Å². The van der Waals surface area contributed by atoms with Crippen LogP contribution in [0.25, 0.3) is 0 Å². The van der Waals surface area contributed by atoms with Gasteiger partial charge in [-0.05, 0) is 12.1 Å². The lowest BCUT2D eigenvalue weighted by Gasteiger charge is -2.11. The Morgan fingerprint density at radius 3 is 2.94 bits per heavy atom. The zero-order valence-corrected chi connectivity index (χ0v) is 10.6. The van der Waals surface area contributed by atoms with Crippen molar-refractivity contribution in [2.75, 3.05) is 24.7 Å². The standard InChI is InChI=1S/C12H17N5O/c1-17-8-15-16-11(17)6-7-14-9-4-3-5-10(18-2)12(9)13/h3-5,8,14H,6-7,13H2,1-2H3. The largest absolute Gasteiger partial charge is 0.495 e. The second kappa shape index (κ2) is 5.39. The highest BCUT2D eigenvalue weighted by atomic mass is 16.5. The van der Waals surface area contributed by atoms with Crippen molar-refractivity contribution in [1.82, 2.24) is 14.8 Å². The zero-order valence-electron chi connectivity index (χ0n) is 10.6. The minimum Gasteiger partial charge on any atom is -0.495 e. The van der Waals surface area contributed by atoms with E-state index in [0.717, 1.165) is 24.5 Å². The molecule has 0 saturated carbocycles. The molecule has 0 amide bonds. The van der Waals surface area contributed by atoms with Crippen LogP contribution in [0, 0.1) is 0 Å². The third kappa shape index (κ3) is 2.53. The number of aryl methyl sites for hydroxylation is 1. The Morgan fingerprint density at radius 2 is 2.28 bits per heavy atom. The Bertz CT molecular complexity index is 523. The molecule has 2 aromatic rings. The van der Waals surface area contributed by atoms with Gasteiger partial charge >= 0.3 is 0 Å². The summed E-state index contributed by atoms with van der Waals surface area (Å²) in [5.41, 5.74) is 7.46. The first kappa shape index (κ1) is 12.2. The van der Waals surface area contributed by atoms with Crippen molar-refractivity contribution in [2.45, 2.75) is 6.42 Å². The van der Waals surface area contributed by atoms with Gasteiger partial charge in [0.25, 0.3) is 0 Å². The number of ether oxygens (including phenoxy) is 1. The zero-order chi connectivity index (χ0) is 13.0. The van der Waals surface area contributed by atoms with E-state index in [0.29, 0.717) is 11.4 Å². The average molecular weight is 247 g/mol. The van der Waals surface area contributed by atoms with Crippen LogP contribution in [0.15, 0.2) is 24.5 Å². The molecule has 0 atom stereocenters. The SMILES string of the molecule is COc1cccc(NCCc2nncn2C)c1N. The molecule has 2 rings (SSSR count). The Labute approximate surface area is 106 Å². The molecule has 0 bridgehead atoms. The first-order chi connectivity index (χ1) is 8.72. The van der Waals surface area contributed by atoms with Gasteiger partial charge in [0.2, 0.25) is 0 Å². The van der Waals surface area contributed by atoms with Crippen LogP contribution in [-0.2, 0) is 13.5 Å². The quantitative estimate of drug-likeness (QED) is 0.772. The minimum absolute atomic E-state index is 0.623. The van der Waals surface area contributed by atoms with Crippen LogP contribution in [0.3, 0.4) is 0 Å². The van der Waals surface area contributed by atoms with E-state index in [2.05, 4.69) is 15.5 Å². The molecule has 1 aromatic carbocycles. The average Bonchev–Trinajstić information content (AvgIpc) is 2.77. The molecule has 0 aliphatic carbocycles. The Hall–Kier alpha value is -2.24. The van der Waals surface area contributed by atoms with Crippen molar-refractivity contribution in [3.05, 3.63) is 30.4 Å². The molecular formula is C12H17N5O. The number of aromatic nitrogens is 3. The highest BCUT2D eigenvalue weighted by Gasteiger charge is 2.05. The molecule has 0 fully saturated rings. The van der Waals surface area contributed by atoms with Crippen molar-refractivity contribution in [2.24, 2.45) is 7.05 Å². The van der Waals surface area contributed by atoms with E-state index < -0.39 is 0 Å². The number of nitrogen functional groups attached to an aromatic ring is 1. The molecule has 0 aliphatic heterocycles. The summed E-state index contributed by atoms with van der Waals surface area (Å²) in [6.07, 6.45) is 2.47. The summed E-state index contributed by atoms with van der Waals surface area (Å²) >= 11 is 0. The van der Waals surface area contributed by atoms with Gasteiger partial charge in [0.15, 0.2) is 0 Å². The molecule has 96 valence electrons. The number of benzene rings is 1. The highest BCUT2D eigenvalue weighted by Crippen LogP contribution is 2.28. The smallest absolute Gasteiger partial charge is 0.143 e. The molecule has 0 radical (unpaired) electrons. The van der Waals surface area contributed by atoms with Gasteiger partial charge in [-0.1, -0.05) is 6.07 Å². The summed E-state index contributed by atoms with van der Waals surface area (Å²) in [4.78, 5) is 0. The fourth-order valence-corrected chi connectivity index (χ4v) is 1.72. The Kier molecular flexibility index (Phi) is 3.66. The summed E-state index contributed by atoms with van der Waals surface area (Å²) in [6, 6.07) is 5.66. The fraction of sp³-hybridized carbons (Fsp3) is 0.333. The van der Waals surface area contributed by atoms with E-state index in [1.807, 2.05) is 29.8 Å². The maximum atomic E-state index is 5.96. The van der Waals surface area contributed by atoms with Crippen molar-refractivity contribution >= 4 is 11.4 Å².